The van der Waals surface area contributed by atoms with Crippen LogP contribution in [0.15, 0.2) is 36.4 Å². The number of fused-ring (bicyclic) bond motifs is 1. The van der Waals surface area contributed by atoms with Crippen molar-refractivity contribution in [1.82, 2.24) is 14.6 Å². The molecule has 40 heavy (non-hydrogen) atoms. The van der Waals surface area contributed by atoms with E-state index in [4.69, 9.17) is 14.8 Å². The second kappa shape index (κ2) is 13.8. The number of unbranched alkanes of at least 4 members (excludes halogenated alkanes) is 6. The van der Waals surface area contributed by atoms with Gasteiger partial charge in [-0.1, -0.05) is 64.5 Å². The maximum absolute atomic E-state index is 5.51. The van der Waals surface area contributed by atoms with Gasteiger partial charge in [-0.05, 0) is 93.1 Å². The molecule has 5 nitrogen and oxygen atoms in total. The summed E-state index contributed by atoms with van der Waals surface area (Å²) in [7, 11) is 1.71. The van der Waals surface area contributed by atoms with Gasteiger partial charge in [0.1, 0.15) is 5.75 Å². The van der Waals surface area contributed by atoms with Crippen LogP contribution in [0.4, 0.5) is 5.69 Å². The number of benzene rings is 2. The van der Waals surface area contributed by atoms with Crippen molar-refractivity contribution in [2.24, 2.45) is 0 Å². The summed E-state index contributed by atoms with van der Waals surface area (Å²) in [6.45, 7) is 15.3. The molecule has 0 spiro atoms. The van der Waals surface area contributed by atoms with Crippen molar-refractivity contribution >= 4 is 17.4 Å². The number of hydrogen-bond acceptors (Lipinski definition) is 4. The Kier molecular flexibility index (Phi) is 10.2. The minimum absolute atomic E-state index is 0.842. The van der Waals surface area contributed by atoms with Crippen LogP contribution in [-0.4, -0.2) is 34.8 Å². The third kappa shape index (κ3) is 6.68. The molecule has 4 aromatic rings. The molecule has 0 unspecified atom stereocenters. The molecule has 0 radical (unpaired) electrons. The maximum atomic E-state index is 5.51. The van der Waals surface area contributed by atoms with Crippen molar-refractivity contribution < 1.29 is 4.74 Å². The molecular weight excluding hydrogens is 492 g/mol. The number of aromatic nitrogens is 3. The van der Waals surface area contributed by atoms with Crippen LogP contribution in [0, 0.1) is 27.7 Å². The number of rotatable bonds is 14. The minimum Gasteiger partial charge on any atom is -0.497 e. The van der Waals surface area contributed by atoms with Gasteiger partial charge in [0.2, 0.25) is 0 Å². The van der Waals surface area contributed by atoms with Gasteiger partial charge >= 0.3 is 0 Å². The Balaban J connectivity index is 1.67. The number of imidazole rings is 1. The first kappa shape index (κ1) is 29.6. The standard InChI is InChI=1S/C35H48N4O/c1-8-10-12-14-20-38(21-15-13-11-9-2)30-18-17-29(26(4)22-30)23-33-27(5)36-35-34(28(6)37-39(33)35)32-24-31(40-7)19-16-25(32)3/h16-19,22-24H,8-15,20-21H2,1-7H3/b33-23-. The molecule has 0 bridgehead atoms. The van der Waals surface area contributed by atoms with E-state index in [1.54, 1.807) is 7.11 Å². The lowest BCUT2D eigenvalue weighted by atomic mass is 10.0. The van der Waals surface area contributed by atoms with Crippen molar-refractivity contribution in [2.75, 3.05) is 25.1 Å². The summed E-state index contributed by atoms with van der Waals surface area (Å²) in [6.07, 6.45) is 12.6. The van der Waals surface area contributed by atoms with Crippen molar-refractivity contribution in [3.05, 3.63) is 69.8 Å². The van der Waals surface area contributed by atoms with Gasteiger partial charge in [-0.3, -0.25) is 0 Å². The zero-order valence-electron chi connectivity index (χ0n) is 25.8. The zero-order chi connectivity index (χ0) is 28.6. The van der Waals surface area contributed by atoms with Crippen LogP contribution in [0.1, 0.15) is 93.3 Å². The van der Waals surface area contributed by atoms with E-state index in [1.807, 2.05) is 10.6 Å². The Bertz CT molecular complexity index is 1460. The fourth-order valence-electron chi connectivity index (χ4n) is 5.63. The Hall–Kier alpha value is -3.34. The Morgan fingerprint density at radius 1 is 0.800 bits per heavy atom. The molecule has 0 N–H and O–H groups in total. The van der Waals surface area contributed by atoms with E-state index >= 15 is 0 Å². The van der Waals surface area contributed by atoms with E-state index in [2.05, 4.69) is 82.9 Å². The highest BCUT2D eigenvalue weighted by molar-refractivity contribution is 5.83. The van der Waals surface area contributed by atoms with Gasteiger partial charge in [-0.2, -0.15) is 5.10 Å². The smallest absolute Gasteiger partial charge is 0.164 e. The summed E-state index contributed by atoms with van der Waals surface area (Å²) in [5.74, 6) is 0.842. The number of hydrogen-bond donors (Lipinski definition) is 0. The normalized spacial score (nSPS) is 12.0. The number of ether oxygens (including phenoxy) is 1. The molecular formula is C35H48N4O. The molecule has 2 aromatic heterocycles. The van der Waals surface area contributed by atoms with E-state index in [0.717, 1.165) is 52.4 Å². The zero-order valence-corrected chi connectivity index (χ0v) is 25.8. The first-order chi connectivity index (χ1) is 19.4. The monoisotopic (exact) mass is 540 g/mol. The van der Waals surface area contributed by atoms with Gasteiger partial charge in [0.05, 0.1) is 23.8 Å². The minimum atomic E-state index is 0.842. The van der Waals surface area contributed by atoms with Crippen LogP contribution in [-0.2, 0) is 0 Å². The molecule has 0 aliphatic heterocycles. The maximum Gasteiger partial charge on any atom is 0.164 e. The highest BCUT2D eigenvalue weighted by Gasteiger charge is 2.19. The van der Waals surface area contributed by atoms with Gasteiger partial charge in [-0.15, -0.1) is 0 Å². The van der Waals surface area contributed by atoms with E-state index < -0.39 is 0 Å². The lowest BCUT2D eigenvalue weighted by molar-refractivity contribution is 0.415. The summed E-state index contributed by atoms with van der Waals surface area (Å²) in [5, 5.41) is 5.99. The summed E-state index contributed by atoms with van der Waals surface area (Å²) in [6, 6.07) is 13.1. The average Bonchev–Trinajstić information content (AvgIpc) is 3.41. The number of anilines is 1. The average molecular weight is 541 g/mol. The number of nitrogens with zero attached hydrogens (tertiary/aromatic N) is 4. The van der Waals surface area contributed by atoms with Crippen LogP contribution >= 0.6 is 0 Å². The molecule has 0 amide bonds. The van der Waals surface area contributed by atoms with Gasteiger partial charge < -0.3 is 9.64 Å². The van der Waals surface area contributed by atoms with Crippen molar-refractivity contribution in [3.8, 4) is 16.9 Å². The van der Waals surface area contributed by atoms with Crippen LogP contribution < -0.4 is 15.0 Å². The predicted molar refractivity (Wildman–Crippen MR) is 170 cm³/mol. The van der Waals surface area contributed by atoms with Crippen molar-refractivity contribution in [3.63, 3.8) is 0 Å². The first-order valence-corrected chi connectivity index (χ1v) is 15.3. The lowest BCUT2D eigenvalue weighted by Gasteiger charge is -2.26. The number of aryl methyl sites for hydroxylation is 4. The Morgan fingerprint density at radius 2 is 1.50 bits per heavy atom. The van der Waals surface area contributed by atoms with E-state index in [9.17, 15) is 0 Å². The van der Waals surface area contributed by atoms with Gasteiger partial charge in [0.25, 0.3) is 0 Å². The molecule has 2 heterocycles. The largest absolute Gasteiger partial charge is 0.497 e. The summed E-state index contributed by atoms with van der Waals surface area (Å²) >= 11 is 0. The summed E-state index contributed by atoms with van der Waals surface area (Å²) in [5.41, 5.74) is 10.1. The van der Waals surface area contributed by atoms with Crippen LogP contribution in [0.5, 0.6) is 5.75 Å². The number of methoxy groups -OCH3 is 1. The molecule has 0 aliphatic carbocycles. The fourth-order valence-corrected chi connectivity index (χ4v) is 5.63. The van der Waals surface area contributed by atoms with E-state index in [-0.39, 0.29) is 0 Å². The SMILES string of the molecule is CCCCCCN(CCCCCC)c1ccc(/C=c2/c(C)nc3c(-c4cc(OC)ccc4C)c(C)nn23)c(C)c1. The molecule has 0 saturated carbocycles. The highest BCUT2D eigenvalue weighted by Crippen LogP contribution is 2.32. The third-order valence-electron chi connectivity index (χ3n) is 8.10. The molecule has 4 rings (SSSR count). The topological polar surface area (TPSA) is 42.7 Å². The molecule has 0 fully saturated rings. The first-order valence-electron chi connectivity index (χ1n) is 15.3. The second-order valence-electron chi connectivity index (χ2n) is 11.3. The van der Waals surface area contributed by atoms with Crippen molar-refractivity contribution in [2.45, 2.75) is 92.9 Å². The molecule has 0 atom stereocenters. The molecule has 2 aromatic carbocycles. The summed E-state index contributed by atoms with van der Waals surface area (Å²) in [4.78, 5) is 7.60. The second-order valence-corrected chi connectivity index (χ2v) is 11.3. The van der Waals surface area contributed by atoms with Crippen molar-refractivity contribution in [1.29, 1.82) is 0 Å². The lowest BCUT2D eigenvalue weighted by Crippen LogP contribution is -2.26. The van der Waals surface area contributed by atoms with Gasteiger partial charge in [-0.25, -0.2) is 9.50 Å². The van der Waals surface area contributed by atoms with Crippen LogP contribution in [0.3, 0.4) is 0 Å². The van der Waals surface area contributed by atoms with E-state index in [0.29, 0.717) is 0 Å². The van der Waals surface area contributed by atoms with Gasteiger partial charge in [0.15, 0.2) is 5.65 Å². The Morgan fingerprint density at radius 3 is 2.12 bits per heavy atom. The summed E-state index contributed by atoms with van der Waals surface area (Å²) < 4.78 is 7.53. The van der Waals surface area contributed by atoms with Gasteiger partial charge in [0, 0.05) is 24.3 Å². The predicted octanol–water partition coefficient (Wildman–Crippen LogP) is 8.15. The molecule has 0 aliphatic rings. The van der Waals surface area contributed by atoms with Crippen LogP contribution in [0.25, 0.3) is 22.9 Å². The van der Waals surface area contributed by atoms with E-state index in [1.165, 1.54) is 73.7 Å². The molecule has 5 heteroatoms. The highest BCUT2D eigenvalue weighted by atomic mass is 16.5. The molecule has 0 saturated heterocycles. The Labute approximate surface area is 241 Å². The quantitative estimate of drug-likeness (QED) is 0.151. The molecule has 214 valence electrons. The van der Waals surface area contributed by atoms with Crippen LogP contribution in [0.2, 0.25) is 0 Å². The third-order valence-corrected chi connectivity index (χ3v) is 8.10. The fraction of sp³-hybridized carbons (Fsp3) is 0.486.